The summed E-state index contributed by atoms with van der Waals surface area (Å²) < 4.78 is 11.3. The maximum absolute atomic E-state index is 13.1. The molecule has 1 aromatic heterocycles. The van der Waals surface area contributed by atoms with Gasteiger partial charge < -0.3 is 14.4 Å². The van der Waals surface area contributed by atoms with Gasteiger partial charge in [0.15, 0.2) is 11.5 Å². The van der Waals surface area contributed by atoms with E-state index in [2.05, 4.69) is 0 Å². The average molecular weight is 362 g/mol. The number of hydrogen-bond donors (Lipinski definition) is 0. The molecule has 1 aliphatic heterocycles. The van der Waals surface area contributed by atoms with E-state index in [-0.39, 0.29) is 5.91 Å². The second-order valence-electron chi connectivity index (χ2n) is 6.41. The number of ether oxygens (including phenoxy) is 2. The molecule has 0 fully saturated rings. The molecular formula is C22H22N2O3. The van der Waals surface area contributed by atoms with Gasteiger partial charge >= 0.3 is 0 Å². The van der Waals surface area contributed by atoms with E-state index in [9.17, 15) is 4.79 Å². The molecule has 2 heterocycles. The molecule has 4 rings (SSSR count). The van der Waals surface area contributed by atoms with E-state index in [1.807, 2.05) is 67.3 Å². The van der Waals surface area contributed by atoms with Crippen molar-refractivity contribution in [2.24, 2.45) is 0 Å². The van der Waals surface area contributed by atoms with Gasteiger partial charge in [-0.05, 0) is 44.2 Å². The number of carbonyl (C=O) groups is 1. The third-order valence-corrected chi connectivity index (χ3v) is 4.84. The minimum absolute atomic E-state index is 0.0254. The van der Waals surface area contributed by atoms with E-state index in [1.165, 1.54) is 0 Å². The lowest BCUT2D eigenvalue weighted by molar-refractivity contribution is 0.0775. The SMILES string of the molecule is CCN(CC)C(=O)c1cc(-c2ccc3c(c2)OCCO3)nc2ccccc12. The normalized spacial score (nSPS) is 12.8. The second-order valence-corrected chi connectivity index (χ2v) is 6.41. The number of rotatable bonds is 4. The van der Waals surface area contributed by atoms with Crippen LogP contribution in [-0.2, 0) is 0 Å². The van der Waals surface area contributed by atoms with Gasteiger partial charge in [0.1, 0.15) is 13.2 Å². The summed E-state index contributed by atoms with van der Waals surface area (Å²) in [6.07, 6.45) is 0. The van der Waals surface area contributed by atoms with Crippen molar-refractivity contribution >= 4 is 16.8 Å². The quantitative estimate of drug-likeness (QED) is 0.699. The van der Waals surface area contributed by atoms with Crippen molar-refractivity contribution in [2.75, 3.05) is 26.3 Å². The highest BCUT2D eigenvalue weighted by atomic mass is 16.6. The zero-order chi connectivity index (χ0) is 18.8. The molecule has 0 saturated carbocycles. The minimum Gasteiger partial charge on any atom is -0.486 e. The summed E-state index contributed by atoms with van der Waals surface area (Å²) in [6, 6.07) is 15.4. The van der Waals surface area contributed by atoms with Gasteiger partial charge in [-0.2, -0.15) is 0 Å². The van der Waals surface area contributed by atoms with Crippen LogP contribution in [0.5, 0.6) is 11.5 Å². The van der Waals surface area contributed by atoms with Crippen molar-refractivity contribution in [2.45, 2.75) is 13.8 Å². The summed E-state index contributed by atoms with van der Waals surface area (Å²) in [4.78, 5) is 19.7. The van der Waals surface area contributed by atoms with Gasteiger partial charge in [-0.15, -0.1) is 0 Å². The number of pyridine rings is 1. The van der Waals surface area contributed by atoms with Crippen molar-refractivity contribution in [3.63, 3.8) is 0 Å². The van der Waals surface area contributed by atoms with Crippen LogP contribution < -0.4 is 9.47 Å². The molecule has 3 aromatic rings. The van der Waals surface area contributed by atoms with E-state index in [4.69, 9.17) is 14.5 Å². The Balaban J connectivity index is 1.86. The van der Waals surface area contributed by atoms with E-state index in [1.54, 1.807) is 0 Å². The van der Waals surface area contributed by atoms with Gasteiger partial charge in [0, 0.05) is 24.0 Å². The topological polar surface area (TPSA) is 51.7 Å². The summed E-state index contributed by atoms with van der Waals surface area (Å²) in [5, 5.41) is 0.871. The zero-order valence-corrected chi connectivity index (χ0v) is 15.6. The summed E-state index contributed by atoms with van der Waals surface area (Å²) in [5.74, 6) is 1.48. The van der Waals surface area contributed by atoms with Crippen LogP contribution in [0.15, 0.2) is 48.5 Å². The number of carbonyl (C=O) groups excluding carboxylic acids is 1. The lowest BCUT2D eigenvalue weighted by atomic mass is 10.0. The smallest absolute Gasteiger partial charge is 0.254 e. The number of hydrogen-bond acceptors (Lipinski definition) is 4. The molecule has 0 aliphatic carbocycles. The van der Waals surface area contributed by atoms with Gasteiger partial charge in [0.2, 0.25) is 0 Å². The van der Waals surface area contributed by atoms with Crippen LogP contribution in [0, 0.1) is 0 Å². The Morgan fingerprint density at radius 1 is 1.00 bits per heavy atom. The van der Waals surface area contributed by atoms with E-state index in [0.717, 1.165) is 27.9 Å². The third-order valence-electron chi connectivity index (χ3n) is 4.84. The summed E-state index contributed by atoms with van der Waals surface area (Å²) in [5.41, 5.74) is 3.13. The van der Waals surface area contributed by atoms with Crippen LogP contribution in [-0.4, -0.2) is 42.1 Å². The molecule has 0 bridgehead atoms. The van der Waals surface area contributed by atoms with Crippen LogP contribution in [0.4, 0.5) is 0 Å². The van der Waals surface area contributed by atoms with E-state index in [0.29, 0.717) is 37.6 Å². The molecular weight excluding hydrogens is 340 g/mol. The van der Waals surface area contributed by atoms with Gasteiger partial charge in [-0.1, -0.05) is 18.2 Å². The fourth-order valence-electron chi connectivity index (χ4n) is 3.38. The first-order valence-electron chi connectivity index (χ1n) is 9.30. The molecule has 0 spiro atoms. The van der Waals surface area contributed by atoms with Crippen molar-refractivity contribution in [3.8, 4) is 22.8 Å². The Morgan fingerprint density at radius 3 is 2.52 bits per heavy atom. The van der Waals surface area contributed by atoms with Gasteiger partial charge in [-0.25, -0.2) is 4.98 Å². The summed E-state index contributed by atoms with van der Waals surface area (Å²) in [7, 11) is 0. The number of amides is 1. The molecule has 2 aromatic carbocycles. The Kier molecular flexibility index (Phi) is 4.67. The number of aromatic nitrogens is 1. The number of para-hydroxylation sites is 1. The van der Waals surface area contributed by atoms with E-state index >= 15 is 0 Å². The maximum Gasteiger partial charge on any atom is 0.254 e. The van der Waals surface area contributed by atoms with Crippen molar-refractivity contribution < 1.29 is 14.3 Å². The third kappa shape index (κ3) is 3.21. The maximum atomic E-state index is 13.1. The number of benzene rings is 2. The highest BCUT2D eigenvalue weighted by molar-refractivity contribution is 6.07. The molecule has 0 radical (unpaired) electrons. The van der Waals surface area contributed by atoms with Gasteiger partial charge in [0.25, 0.3) is 5.91 Å². The lowest BCUT2D eigenvalue weighted by Gasteiger charge is -2.21. The molecule has 138 valence electrons. The van der Waals surface area contributed by atoms with Crippen molar-refractivity contribution in [1.29, 1.82) is 0 Å². The highest BCUT2D eigenvalue weighted by Gasteiger charge is 2.19. The van der Waals surface area contributed by atoms with Gasteiger partial charge in [-0.3, -0.25) is 4.79 Å². The monoisotopic (exact) mass is 362 g/mol. The summed E-state index contributed by atoms with van der Waals surface area (Å²) in [6.45, 7) is 6.42. The number of fused-ring (bicyclic) bond motifs is 2. The standard InChI is InChI=1S/C22H22N2O3/c1-3-24(4-2)22(25)17-14-19(23-18-8-6-5-7-16(17)18)15-9-10-20-21(13-15)27-12-11-26-20/h5-10,13-14H,3-4,11-12H2,1-2H3. The molecule has 0 N–H and O–H groups in total. The molecule has 27 heavy (non-hydrogen) atoms. The fraction of sp³-hybridized carbons (Fsp3) is 0.273. The number of nitrogens with zero attached hydrogens (tertiary/aromatic N) is 2. The highest BCUT2D eigenvalue weighted by Crippen LogP contribution is 2.35. The summed E-state index contributed by atoms with van der Waals surface area (Å²) >= 11 is 0. The van der Waals surface area contributed by atoms with Crippen LogP contribution in [0.3, 0.4) is 0 Å². The predicted octanol–water partition coefficient (Wildman–Crippen LogP) is 4.16. The lowest BCUT2D eigenvalue weighted by Crippen LogP contribution is -2.30. The Labute approximate surface area is 158 Å². The minimum atomic E-state index is 0.0254. The van der Waals surface area contributed by atoms with Gasteiger partial charge in [0.05, 0.1) is 16.8 Å². The fourth-order valence-corrected chi connectivity index (χ4v) is 3.38. The first-order valence-corrected chi connectivity index (χ1v) is 9.30. The molecule has 0 atom stereocenters. The predicted molar refractivity (Wildman–Crippen MR) is 105 cm³/mol. The Morgan fingerprint density at radius 2 is 1.74 bits per heavy atom. The van der Waals surface area contributed by atoms with Crippen molar-refractivity contribution in [3.05, 3.63) is 54.1 Å². The molecule has 1 amide bonds. The second kappa shape index (κ2) is 7.27. The molecule has 1 aliphatic rings. The molecule has 0 saturated heterocycles. The largest absolute Gasteiger partial charge is 0.486 e. The van der Waals surface area contributed by atoms with Crippen LogP contribution in [0.2, 0.25) is 0 Å². The van der Waals surface area contributed by atoms with E-state index < -0.39 is 0 Å². The van der Waals surface area contributed by atoms with Crippen molar-refractivity contribution in [1.82, 2.24) is 9.88 Å². The zero-order valence-electron chi connectivity index (χ0n) is 15.6. The average Bonchev–Trinajstić information content (AvgIpc) is 2.73. The molecule has 5 nitrogen and oxygen atoms in total. The van der Waals surface area contributed by atoms with Crippen LogP contribution >= 0.6 is 0 Å². The van der Waals surface area contributed by atoms with Crippen LogP contribution in [0.1, 0.15) is 24.2 Å². The Hall–Kier alpha value is -3.08. The van der Waals surface area contributed by atoms with Crippen LogP contribution in [0.25, 0.3) is 22.2 Å². The Bertz CT molecular complexity index is 996. The molecule has 5 heteroatoms. The first-order chi connectivity index (χ1) is 13.2. The first kappa shape index (κ1) is 17.3. The molecule has 0 unspecified atom stereocenters.